The number of hydrogen-bond donors (Lipinski definition) is 0. The quantitative estimate of drug-likeness (QED) is 0.430. The molecule has 1 saturated carbocycles. The molecule has 0 bridgehead atoms. The fourth-order valence-electron chi connectivity index (χ4n) is 4.27. The van der Waals surface area contributed by atoms with Crippen molar-refractivity contribution in [3.63, 3.8) is 0 Å². The van der Waals surface area contributed by atoms with Crippen LogP contribution < -0.4 is 0 Å². The van der Waals surface area contributed by atoms with E-state index >= 15 is 0 Å². The molecule has 8 heteroatoms. The zero-order chi connectivity index (χ0) is 21.3. The van der Waals surface area contributed by atoms with E-state index in [1.165, 1.54) is 24.3 Å². The van der Waals surface area contributed by atoms with Gasteiger partial charge in [0.1, 0.15) is 0 Å². The number of nitro groups is 1. The minimum absolute atomic E-state index is 0.0132. The molecular formula is C22H21N3O5. The van der Waals surface area contributed by atoms with Gasteiger partial charge >= 0.3 is 0 Å². The van der Waals surface area contributed by atoms with E-state index in [-0.39, 0.29) is 29.6 Å². The lowest BCUT2D eigenvalue weighted by atomic mass is 9.81. The molecule has 2 aliphatic rings. The van der Waals surface area contributed by atoms with Crippen molar-refractivity contribution < 1.29 is 19.3 Å². The van der Waals surface area contributed by atoms with Crippen LogP contribution in [0.3, 0.4) is 0 Å². The average molecular weight is 407 g/mol. The van der Waals surface area contributed by atoms with Gasteiger partial charge < -0.3 is 0 Å². The maximum Gasteiger partial charge on any atom is 0.273 e. The van der Waals surface area contributed by atoms with Crippen LogP contribution in [0.4, 0.5) is 5.69 Å². The highest BCUT2D eigenvalue weighted by Crippen LogP contribution is 2.39. The van der Waals surface area contributed by atoms with Gasteiger partial charge in [0.25, 0.3) is 23.4 Å². The predicted octanol–water partition coefficient (Wildman–Crippen LogP) is 3.33. The molecule has 4 rings (SSSR count). The van der Waals surface area contributed by atoms with E-state index in [1.54, 1.807) is 24.3 Å². The summed E-state index contributed by atoms with van der Waals surface area (Å²) in [6.07, 6.45) is 3.03. The van der Waals surface area contributed by atoms with Crippen LogP contribution in [-0.2, 0) is 16.1 Å². The number of carbonyl (C=O) groups excluding carboxylic acids is 3. The summed E-state index contributed by atoms with van der Waals surface area (Å²) in [5.74, 6) is -2.15. The smallest absolute Gasteiger partial charge is 0.272 e. The minimum atomic E-state index is -0.622. The van der Waals surface area contributed by atoms with Crippen molar-refractivity contribution in [1.82, 2.24) is 10.0 Å². The van der Waals surface area contributed by atoms with Crippen LogP contribution in [0.25, 0.3) is 0 Å². The molecule has 2 fully saturated rings. The van der Waals surface area contributed by atoms with E-state index in [1.807, 2.05) is 6.07 Å². The van der Waals surface area contributed by atoms with Crippen LogP contribution in [0, 0.1) is 22.0 Å². The number of nitrogens with zero attached hydrogens (tertiary/aromatic N) is 3. The van der Waals surface area contributed by atoms with Crippen molar-refractivity contribution >= 4 is 23.4 Å². The Hall–Kier alpha value is -3.55. The number of non-ortho nitro benzene ring substituents is 1. The second kappa shape index (κ2) is 8.06. The van der Waals surface area contributed by atoms with Crippen LogP contribution in [0.2, 0.25) is 0 Å². The number of benzene rings is 2. The molecule has 0 aromatic heterocycles. The highest BCUT2D eigenvalue weighted by molar-refractivity contribution is 6.07. The molecule has 8 nitrogen and oxygen atoms in total. The summed E-state index contributed by atoms with van der Waals surface area (Å²) >= 11 is 0. The van der Waals surface area contributed by atoms with Crippen LogP contribution in [0.1, 0.15) is 41.6 Å². The number of imide groups is 1. The topological polar surface area (TPSA) is 101 Å². The molecule has 3 amide bonds. The number of nitro benzene ring substituents is 1. The Balaban J connectivity index is 1.72. The van der Waals surface area contributed by atoms with Gasteiger partial charge in [0.15, 0.2) is 0 Å². The Morgan fingerprint density at radius 3 is 2.23 bits per heavy atom. The minimum Gasteiger partial charge on any atom is -0.272 e. The highest BCUT2D eigenvalue weighted by Gasteiger charge is 2.51. The molecule has 2 atom stereocenters. The second-order valence-corrected chi connectivity index (χ2v) is 7.64. The van der Waals surface area contributed by atoms with Crippen LogP contribution in [-0.4, -0.2) is 32.7 Å². The monoisotopic (exact) mass is 407 g/mol. The molecule has 0 spiro atoms. The van der Waals surface area contributed by atoms with Gasteiger partial charge in [-0.25, -0.2) is 5.01 Å². The third-order valence-corrected chi connectivity index (χ3v) is 5.77. The summed E-state index contributed by atoms with van der Waals surface area (Å²) in [7, 11) is 0. The maximum atomic E-state index is 13.4. The normalized spacial score (nSPS) is 20.7. The standard InChI is InChI=1S/C22H21N3O5/c26-20(16-9-6-10-17(13-16)25(29)30)23(14-15-7-2-1-3-8-15)24-21(27)18-11-4-5-12-19(18)22(24)28/h1-3,6-10,13,18-19H,4-5,11-12,14H2/t18-,19-/m0/s1. The van der Waals surface area contributed by atoms with Gasteiger partial charge in [0.2, 0.25) is 0 Å². The molecule has 1 saturated heterocycles. The number of amides is 3. The van der Waals surface area contributed by atoms with Crippen molar-refractivity contribution in [3.8, 4) is 0 Å². The van der Waals surface area contributed by atoms with Gasteiger partial charge in [-0.2, -0.15) is 5.01 Å². The zero-order valence-corrected chi connectivity index (χ0v) is 16.3. The van der Waals surface area contributed by atoms with Crippen molar-refractivity contribution in [2.45, 2.75) is 32.2 Å². The molecule has 30 heavy (non-hydrogen) atoms. The summed E-state index contributed by atoms with van der Waals surface area (Å²) in [4.78, 5) is 50.1. The molecule has 1 heterocycles. The Bertz CT molecular complexity index is 983. The first-order chi connectivity index (χ1) is 14.5. The van der Waals surface area contributed by atoms with Gasteiger partial charge in [-0.3, -0.25) is 24.5 Å². The van der Waals surface area contributed by atoms with E-state index < -0.39 is 22.7 Å². The van der Waals surface area contributed by atoms with Crippen LogP contribution in [0.5, 0.6) is 0 Å². The van der Waals surface area contributed by atoms with Crippen LogP contribution >= 0.6 is 0 Å². The average Bonchev–Trinajstić information content (AvgIpc) is 3.03. The molecule has 0 unspecified atom stereocenters. The predicted molar refractivity (Wildman–Crippen MR) is 107 cm³/mol. The molecular weight excluding hydrogens is 386 g/mol. The Morgan fingerprint density at radius 1 is 1.00 bits per heavy atom. The first kappa shape index (κ1) is 19.8. The fraction of sp³-hybridized carbons (Fsp3) is 0.318. The summed E-state index contributed by atoms with van der Waals surface area (Å²) in [5, 5.41) is 13.2. The maximum absolute atomic E-state index is 13.4. The van der Waals surface area contributed by atoms with E-state index in [4.69, 9.17) is 0 Å². The third-order valence-electron chi connectivity index (χ3n) is 5.77. The largest absolute Gasteiger partial charge is 0.273 e. The van der Waals surface area contributed by atoms with E-state index in [2.05, 4.69) is 0 Å². The summed E-state index contributed by atoms with van der Waals surface area (Å²) in [6.45, 7) is 0.0132. The molecule has 154 valence electrons. The van der Waals surface area contributed by atoms with Crippen molar-refractivity contribution in [1.29, 1.82) is 0 Å². The summed E-state index contributed by atoms with van der Waals surface area (Å²) in [6, 6.07) is 14.4. The Labute approximate surface area is 173 Å². The van der Waals surface area contributed by atoms with Crippen molar-refractivity contribution in [2.75, 3.05) is 0 Å². The first-order valence-corrected chi connectivity index (χ1v) is 9.95. The van der Waals surface area contributed by atoms with E-state index in [0.29, 0.717) is 12.8 Å². The molecule has 1 aliphatic carbocycles. The molecule has 2 aromatic rings. The number of fused-ring (bicyclic) bond motifs is 1. The third kappa shape index (κ3) is 3.56. The lowest BCUT2D eigenvalue weighted by Crippen LogP contribution is -2.49. The van der Waals surface area contributed by atoms with Crippen LogP contribution in [0.15, 0.2) is 54.6 Å². The lowest BCUT2D eigenvalue weighted by molar-refractivity contribution is -0.384. The van der Waals surface area contributed by atoms with Gasteiger partial charge in [-0.1, -0.05) is 49.2 Å². The van der Waals surface area contributed by atoms with Gasteiger partial charge in [-0.15, -0.1) is 0 Å². The SMILES string of the molecule is O=C(c1cccc([N+](=O)[O-])c1)N(Cc1ccccc1)N1C(=O)[C@H]2CCCC[C@@H]2C1=O. The highest BCUT2D eigenvalue weighted by atomic mass is 16.6. The summed E-state index contributed by atoms with van der Waals surface area (Å²) < 4.78 is 0. The van der Waals surface area contributed by atoms with Gasteiger partial charge in [0, 0.05) is 17.7 Å². The van der Waals surface area contributed by atoms with E-state index in [0.717, 1.165) is 28.4 Å². The van der Waals surface area contributed by atoms with Gasteiger partial charge in [0.05, 0.1) is 23.3 Å². The Morgan fingerprint density at radius 2 is 1.63 bits per heavy atom. The first-order valence-electron chi connectivity index (χ1n) is 9.95. The van der Waals surface area contributed by atoms with Crippen molar-refractivity contribution in [3.05, 3.63) is 75.8 Å². The lowest BCUT2D eigenvalue weighted by Gasteiger charge is -2.30. The Kier molecular flexibility index (Phi) is 5.31. The molecule has 0 N–H and O–H groups in total. The molecule has 1 aliphatic heterocycles. The van der Waals surface area contributed by atoms with Gasteiger partial charge in [-0.05, 0) is 24.5 Å². The number of hydrogen-bond acceptors (Lipinski definition) is 5. The molecule has 0 radical (unpaired) electrons. The number of rotatable bonds is 5. The number of hydrazine groups is 1. The molecule has 2 aromatic carbocycles. The zero-order valence-electron chi connectivity index (χ0n) is 16.3. The van der Waals surface area contributed by atoms with E-state index in [9.17, 15) is 24.5 Å². The fourth-order valence-corrected chi connectivity index (χ4v) is 4.27. The second-order valence-electron chi connectivity index (χ2n) is 7.64. The summed E-state index contributed by atoms with van der Waals surface area (Å²) in [5.41, 5.74) is 0.565. The number of carbonyl (C=O) groups is 3. The van der Waals surface area contributed by atoms with Crippen molar-refractivity contribution in [2.24, 2.45) is 11.8 Å².